The van der Waals surface area contributed by atoms with Gasteiger partial charge in [0.2, 0.25) is 0 Å². The molecule has 25 heavy (non-hydrogen) atoms. The van der Waals surface area contributed by atoms with Crippen molar-refractivity contribution in [2.45, 2.75) is 6.61 Å². The highest BCUT2D eigenvalue weighted by Crippen LogP contribution is 2.23. The van der Waals surface area contributed by atoms with Crippen LogP contribution in [0.4, 0.5) is 14.5 Å². The van der Waals surface area contributed by atoms with Crippen LogP contribution < -0.4 is 10.1 Å². The number of esters is 1. The normalized spacial score (nSPS) is 10.4. The highest BCUT2D eigenvalue weighted by molar-refractivity contribution is 5.96. The number of aromatic hydroxyl groups is 2. The fourth-order valence-corrected chi connectivity index (χ4v) is 1.82. The number of ether oxygens (including phenoxy) is 2. The second-order valence-electron chi connectivity index (χ2n) is 4.73. The van der Waals surface area contributed by atoms with Gasteiger partial charge in [-0.15, -0.1) is 0 Å². The summed E-state index contributed by atoms with van der Waals surface area (Å²) >= 11 is 0. The van der Waals surface area contributed by atoms with E-state index in [4.69, 9.17) is 9.84 Å². The number of nitrogens with one attached hydrogen (secondary N) is 1. The van der Waals surface area contributed by atoms with Crippen LogP contribution in [0.5, 0.6) is 17.2 Å². The molecule has 0 aromatic heterocycles. The molecule has 2 aromatic rings. The summed E-state index contributed by atoms with van der Waals surface area (Å²) in [6.45, 7) is -3.58. The van der Waals surface area contributed by atoms with Gasteiger partial charge in [0.25, 0.3) is 5.91 Å². The maximum atomic E-state index is 12.0. The Morgan fingerprint density at radius 3 is 2.36 bits per heavy atom. The summed E-state index contributed by atoms with van der Waals surface area (Å²) in [6, 6.07) is 8.43. The molecule has 0 fully saturated rings. The van der Waals surface area contributed by atoms with E-state index in [9.17, 15) is 23.5 Å². The van der Waals surface area contributed by atoms with E-state index in [0.717, 1.165) is 12.1 Å². The zero-order chi connectivity index (χ0) is 18.4. The summed E-state index contributed by atoms with van der Waals surface area (Å²) in [7, 11) is 0. The van der Waals surface area contributed by atoms with Crippen LogP contribution in [0.25, 0.3) is 0 Å². The van der Waals surface area contributed by atoms with Crippen molar-refractivity contribution in [3.8, 4) is 17.2 Å². The molecule has 3 N–H and O–H groups in total. The van der Waals surface area contributed by atoms with Crippen LogP contribution in [-0.4, -0.2) is 35.3 Å². The Balaban J connectivity index is 1.86. The molecule has 9 heteroatoms. The molecule has 0 aliphatic rings. The lowest BCUT2D eigenvalue weighted by Crippen LogP contribution is -2.21. The Morgan fingerprint density at radius 1 is 1.08 bits per heavy atom. The molecule has 0 unspecified atom stereocenters. The van der Waals surface area contributed by atoms with E-state index in [-0.39, 0.29) is 22.7 Å². The lowest BCUT2D eigenvalue weighted by atomic mass is 10.2. The number of halogens is 2. The van der Waals surface area contributed by atoms with Gasteiger partial charge in [0.1, 0.15) is 22.8 Å². The van der Waals surface area contributed by atoms with E-state index in [1.165, 1.54) is 30.3 Å². The number of benzene rings is 2. The zero-order valence-electron chi connectivity index (χ0n) is 12.6. The minimum Gasteiger partial charge on any atom is -0.508 e. The molecule has 1 amide bonds. The highest BCUT2D eigenvalue weighted by atomic mass is 19.3. The molecule has 0 atom stereocenters. The van der Waals surface area contributed by atoms with E-state index in [1.54, 1.807) is 0 Å². The first-order valence-corrected chi connectivity index (χ1v) is 6.89. The summed E-state index contributed by atoms with van der Waals surface area (Å²) in [5.41, 5.74) is 0.0780. The van der Waals surface area contributed by atoms with E-state index in [2.05, 4.69) is 10.1 Å². The van der Waals surface area contributed by atoms with Crippen LogP contribution in [0.2, 0.25) is 0 Å². The van der Waals surface area contributed by atoms with Crippen LogP contribution >= 0.6 is 0 Å². The molecule has 7 nitrogen and oxygen atoms in total. The Morgan fingerprint density at radius 2 is 1.76 bits per heavy atom. The SMILES string of the molecule is O=C(COC(=O)c1ccc(O)cc1O)Nc1ccc(OC(F)F)cc1. The summed E-state index contributed by atoms with van der Waals surface area (Å²) < 4.78 is 33.0. The summed E-state index contributed by atoms with van der Waals surface area (Å²) in [5, 5.41) is 21.1. The average molecular weight is 353 g/mol. The minimum atomic E-state index is -2.95. The number of amides is 1. The first-order chi connectivity index (χ1) is 11.8. The first kappa shape index (κ1) is 18.0. The Kier molecular flexibility index (Phi) is 5.72. The van der Waals surface area contributed by atoms with Crippen LogP contribution in [0.15, 0.2) is 42.5 Å². The van der Waals surface area contributed by atoms with Gasteiger partial charge in [-0.05, 0) is 36.4 Å². The third-order valence-electron chi connectivity index (χ3n) is 2.90. The van der Waals surface area contributed by atoms with Crippen molar-refractivity contribution in [1.29, 1.82) is 0 Å². The summed E-state index contributed by atoms with van der Waals surface area (Å²) in [5.74, 6) is -2.41. The summed E-state index contributed by atoms with van der Waals surface area (Å²) in [4.78, 5) is 23.5. The van der Waals surface area contributed by atoms with Gasteiger partial charge in [-0.3, -0.25) is 4.79 Å². The van der Waals surface area contributed by atoms with Crippen LogP contribution in [0.3, 0.4) is 0 Å². The van der Waals surface area contributed by atoms with Crippen LogP contribution in [-0.2, 0) is 9.53 Å². The van der Waals surface area contributed by atoms with Gasteiger partial charge in [-0.1, -0.05) is 0 Å². The van der Waals surface area contributed by atoms with E-state index >= 15 is 0 Å². The second-order valence-corrected chi connectivity index (χ2v) is 4.73. The molecule has 0 saturated carbocycles. The van der Waals surface area contributed by atoms with Crippen molar-refractivity contribution in [3.05, 3.63) is 48.0 Å². The molecule has 0 saturated heterocycles. The van der Waals surface area contributed by atoms with Gasteiger partial charge in [0.15, 0.2) is 6.61 Å². The van der Waals surface area contributed by atoms with Crippen LogP contribution in [0.1, 0.15) is 10.4 Å². The fraction of sp³-hybridized carbons (Fsp3) is 0.125. The fourth-order valence-electron chi connectivity index (χ4n) is 1.82. The van der Waals surface area contributed by atoms with E-state index in [0.29, 0.717) is 0 Å². The highest BCUT2D eigenvalue weighted by Gasteiger charge is 2.15. The zero-order valence-corrected chi connectivity index (χ0v) is 12.6. The molecule has 0 radical (unpaired) electrons. The molecule has 132 valence electrons. The number of phenols is 2. The molecular formula is C16H13F2NO6. The third kappa shape index (κ3) is 5.34. The van der Waals surface area contributed by atoms with Crippen molar-refractivity contribution < 1.29 is 38.1 Å². The molecule has 0 spiro atoms. The lowest BCUT2D eigenvalue weighted by molar-refractivity contribution is -0.119. The number of anilines is 1. The summed E-state index contributed by atoms with van der Waals surface area (Å²) in [6.07, 6.45) is 0. The number of rotatable bonds is 6. The second kappa shape index (κ2) is 7.95. The number of carbonyl (C=O) groups is 2. The molecule has 0 bridgehead atoms. The molecule has 2 aromatic carbocycles. The number of carbonyl (C=O) groups excluding carboxylic acids is 2. The number of hydrogen-bond donors (Lipinski definition) is 3. The Labute approximate surface area is 140 Å². The predicted octanol–water partition coefficient (Wildman–Crippen LogP) is 2.49. The Bertz CT molecular complexity index is 764. The minimum absolute atomic E-state index is 0.0674. The number of phenolic OH excluding ortho intramolecular Hbond substituents is 2. The molecule has 0 heterocycles. The number of alkyl halides is 2. The van der Waals surface area contributed by atoms with Crippen molar-refractivity contribution in [2.75, 3.05) is 11.9 Å². The van der Waals surface area contributed by atoms with Gasteiger partial charge < -0.3 is 25.0 Å². The maximum Gasteiger partial charge on any atom is 0.387 e. The number of hydrogen-bond acceptors (Lipinski definition) is 6. The molecular weight excluding hydrogens is 340 g/mol. The molecule has 0 aliphatic heterocycles. The Hall–Kier alpha value is -3.36. The monoisotopic (exact) mass is 353 g/mol. The quantitative estimate of drug-likeness (QED) is 0.689. The van der Waals surface area contributed by atoms with Gasteiger partial charge in [0.05, 0.1) is 0 Å². The molecule has 2 rings (SSSR count). The standard InChI is InChI=1S/C16H13F2NO6/c17-16(18)25-11-4-1-9(2-5-11)19-14(22)8-24-15(23)12-6-3-10(20)7-13(12)21/h1-7,16,20-21H,8H2,(H,19,22). The van der Waals surface area contributed by atoms with Gasteiger partial charge in [-0.25, -0.2) is 4.79 Å². The van der Waals surface area contributed by atoms with Crippen molar-refractivity contribution >= 4 is 17.6 Å². The lowest BCUT2D eigenvalue weighted by Gasteiger charge is -2.09. The van der Waals surface area contributed by atoms with E-state index < -0.39 is 30.8 Å². The van der Waals surface area contributed by atoms with Gasteiger partial charge in [0, 0.05) is 11.8 Å². The smallest absolute Gasteiger partial charge is 0.387 e. The van der Waals surface area contributed by atoms with Crippen molar-refractivity contribution in [2.24, 2.45) is 0 Å². The average Bonchev–Trinajstić information content (AvgIpc) is 2.54. The molecule has 0 aliphatic carbocycles. The van der Waals surface area contributed by atoms with Crippen molar-refractivity contribution in [3.63, 3.8) is 0 Å². The van der Waals surface area contributed by atoms with Crippen LogP contribution in [0, 0.1) is 0 Å². The largest absolute Gasteiger partial charge is 0.508 e. The topological polar surface area (TPSA) is 105 Å². The third-order valence-corrected chi connectivity index (χ3v) is 2.90. The van der Waals surface area contributed by atoms with E-state index in [1.807, 2.05) is 0 Å². The van der Waals surface area contributed by atoms with Crippen molar-refractivity contribution in [1.82, 2.24) is 0 Å². The van der Waals surface area contributed by atoms with Gasteiger partial charge in [-0.2, -0.15) is 8.78 Å². The maximum absolute atomic E-state index is 12.0. The first-order valence-electron chi connectivity index (χ1n) is 6.89. The van der Waals surface area contributed by atoms with Gasteiger partial charge >= 0.3 is 12.6 Å². The predicted molar refractivity (Wildman–Crippen MR) is 81.8 cm³/mol.